The molecule has 0 unspecified atom stereocenters. The zero-order valence-corrected chi connectivity index (χ0v) is 17.5. The summed E-state index contributed by atoms with van der Waals surface area (Å²) in [4.78, 5) is 10.5. The second kappa shape index (κ2) is 9.86. The fourth-order valence-corrected chi connectivity index (χ4v) is 3.20. The number of carbonyl (C=O) groups excluding carboxylic acids is 1. The molecule has 0 aliphatic rings. The van der Waals surface area contributed by atoms with Crippen molar-refractivity contribution in [2.75, 3.05) is 0 Å². The minimum Gasteiger partial charge on any atom is -0.507 e. The minimum absolute atomic E-state index is 0.0875. The van der Waals surface area contributed by atoms with Gasteiger partial charge in [0.2, 0.25) is 0 Å². The van der Waals surface area contributed by atoms with E-state index in [1.54, 1.807) is 0 Å². The van der Waals surface area contributed by atoms with E-state index < -0.39 is 5.60 Å². The summed E-state index contributed by atoms with van der Waals surface area (Å²) in [5.74, 6) is -0.336. The zero-order valence-electron chi connectivity index (χ0n) is 17.5. The standard InChI is InChI=1S/C22H36O5/c1-21(2,3)12-8-6-10-16-14-18(24)20(26)17(19(16)25)11-7-9-13-22(4,5)27-15-23/h14-15,24-26H,6-13H2,1-5H3. The first-order valence-electron chi connectivity index (χ1n) is 9.84. The van der Waals surface area contributed by atoms with Crippen LogP contribution in [0, 0.1) is 5.41 Å². The van der Waals surface area contributed by atoms with Crippen molar-refractivity contribution in [2.24, 2.45) is 5.41 Å². The lowest BCUT2D eigenvalue weighted by Crippen LogP contribution is -2.23. The van der Waals surface area contributed by atoms with Crippen LogP contribution in [0.4, 0.5) is 0 Å². The molecule has 0 radical (unpaired) electrons. The topological polar surface area (TPSA) is 87.0 Å². The smallest absolute Gasteiger partial charge is 0.293 e. The Morgan fingerprint density at radius 1 is 0.889 bits per heavy atom. The van der Waals surface area contributed by atoms with E-state index in [9.17, 15) is 20.1 Å². The van der Waals surface area contributed by atoms with Crippen molar-refractivity contribution in [1.29, 1.82) is 0 Å². The first-order valence-corrected chi connectivity index (χ1v) is 9.84. The van der Waals surface area contributed by atoms with E-state index in [1.165, 1.54) is 6.07 Å². The average molecular weight is 381 g/mol. The Bertz CT molecular complexity index is 614. The van der Waals surface area contributed by atoms with Crippen molar-refractivity contribution in [2.45, 2.75) is 91.6 Å². The van der Waals surface area contributed by atoms with Crippen LogP contribution < -0.4 is 0 Å². The molecule has 0 fully saturated rings. The third kappa shape index (κ3) is 8.10. The van der Waals surface area contributed by atoms with Gasteiger partial charge in [-0.05, 0) is 75.8 Å². The third-order valence-corrected chi connectivity index (χ3v) is 4.88. The van der Waals surface area contributed by atoms with E-state index in [4.69, 9.17) is 4.74 Å². The Labute approximate surface area is 163 Å². The van der Waals surface area contributed by atoms with E-state index in [1.807, 2.05) is 13.8 Å². The molecule has 0 saturated heterocycles. The van der Waals surface area contributed by atoms with Crippen molar-refractivity contribution in [3.8, 4) is 17.2 Å². The van der Waals surface area contributed by atoms with Gasteiger partial charge in [-0.3, -0.25) is 4.79 Å². The molecule has 0 saturated carbocycles. The summed E-state index contributed by atoms with van der Waals surface area (Å²) in [6, 6.07) is 1.46. The first kappa shape index (κ1) is 23.1. The van der Waals surface area contributed by atoms with Gasteiger partial charge in [0.05, 0.1) is 0 Å². The largest absolute Gasteiger partial charge is 0.507 e. The number of carbonyl (C=O) groups is 1. The van der Waals surface area contributed by atoms with Crippen LogP contribution >= 0.6 is 0 Å². The first-order chi connectivity index (χ1) is 12.5. The van der Waals surface area contributed by atoms with Gasteiger partial charge >= 0.3 is 0 Å². The molecule has 0 spiro atoms. The molecule has 0 aromatic heterocycles. The predicted molar refractivity (Wildman–Crippen MR) is 107 cm³/mol. The zero-order chi connectivity index (χ0) is 20.7. The Kier molecular flexibility index (Phi) is 8.45. The molecule has 0 aliphatic carbocycles. The van der Waals surface area contributed by atoms with E-state index >= 15 is 0 Å². The number of hydrogen-bond acceptors (Lipinski definition) is 5. The summed E-state index contributed by atoms with van der Waals surface area (Å²) < 4.78 is 5.03. The molecule has 1 aromatic carbocycles. The summed E-state index contributed by atoms with van der Waals surface area (Å²) in [5.41, 5.74) is 0.836. The van der Waals surface area contributed by atoms with Crippen molar-refractivity contribution in [1.82, 2.24) is 0 Å². The van der Waals surface area contributed by atoms with E-state index in [2.05, 4.69) is 20.8 Å². The highest BCUT2D eigenvalue weighted by molar-refractivity contribution is 5.56. The van der Waals surface area contributed by atoms with Gasteiger partial charge in [-0.2, -0.15) is 0 Å². The Hall–Kier alpha value is -1.91. The van der Waals surface area contributed by atoms with Crippen LogP contribution in [-0.2, 0) is 22.4 Å². The SMILES string of the molecule is CC(C)(C)CCCCc1cc(O)c(O)c(CCCCC(C)(C)OC=O)c1O. The maximum absolute atomic E-state index is 10.6. The van der Waals surface area contributed by atoms with E-state index in [-0.39, 0.29) is 22.7 Å². The molecule has 1 rings (SSSR count). The van der Waals surface area contributed by atoms with Crippen LogP contribution in [-0.4, -0.2) is 27.4 Å². The number of phenols is 3. The molecule has 0 bridgehead atoms. The maximum atomic E-state index is 10.6. The molecular formula is C22H36O5. The normalized spacial score (nSPS) is 12.2. The van der Waals surface area contributed by atoms with Crippen LogP contribution in [0.25, 0.3) is 0 Å². The minimum atomic E-state index is -0.525. The Morgan fingerprint density at radius 2 is 1.48 bits per heavy atom. The number of unbranched alkanes of at least 4 members (excludes halogenated alkanes) is 2. The molecule has 154 valence electrons. The van der Waals surface area contributed by atoms with Crippen LogP contribution in [0.15, 0.2) is 6.07 Å². The fraction of sp³-hybridized carbons (Fsp3) is 0.682. The molecule has 3 N–H and O–H groups in total. The number of hydrogen-bond donors (Lipinski definition) is 3. The highest BCUT2D eigenvalue weighted by Gasteiger charge is 2.20. The molecule has 0 amide bonds. The number of aromatic hydroxyl groups is 3. The lowest BCUT2D eigenvalue weighted by Gasteiger charge is -2.22. The molecule has 0 atom stereocenters. The maximum Gasteiger partial charge on any atom is 0.293 e. The number of rotatable bonds is 11. The van der Waals surface area contributed by atoms with Gasteiger partial charge in [-0.1, -0.05) is 27.2 Å². The van der Waals surface area contributed by atoms with Crippen molar-refractivity contribution < 1.29 is 24.9 Å². The van der Waals surface area contributed by atoms with Crippen molar-refractivity contribution in [3.63, 3.8) is 0 Å². The van der Waals surface area contributed by atoms with E-state index in [0.29, 0.717) is 43.3 Å². The summed E-state index contributed by atoms with van der Waals surface area (Å²) in [6.07, 6.45) is 6.36. The van der Waals surface area contributed by atoms with Gasteiger partial charge in [0, 0.05) is 5.56 Å². The quantitative estimate of drug-likeness (QED) is 0.212. The summed E-state index contributed by atoms with van der Waals surface area (Å²) in [7, 11) is 0. The van der Waals surface area contributed by atoms with Crippen molar-refractivity contribution in [3.05, 3.63) is 17.2 Å². The van der Waals surface area contributed by atoms with Gasteiger partial charge < -0.3 is 20.1 Å². The van der Waals surface area contributed by atoms with Crippen LogP contribution in [0.1, 0.15) is 84.3 Å². The van der Waals surface area contributed by atoms with Gasteiger partial charge in [0.15, 0.2) is 11.5 Å². The second-order valence-corrected chi connectivity index (χ2v) is 9.18. The number of ether oxygens (including phenoxy) is 1. The Balaban J connectivity index is 2.68. The average Bonchev–Trinajstić information content (AvgIpc) is 2.54. The second-order valence-electron chi connectivity index (χ2n) is 9.18. The molecule has 0 heterocycles. The number of aryl methyl sites for hydroxylation is 1. The summed E-state index contributed by atoms with van der Waals surface area (Å²) in [6.45, 7) is 10.8. The summed E-state index contributed by atoms with van der Waals surface area (Å²) >= 11 is 0. The van der Waals surface area contributed by atoms with Crippen LogP contribution in [0.3, 0.4) is 0 Å². The molecule has 5 nitrogen and oxygen atoms in total. The van der Waals surface area contributed by atoms with Gasteiger partial charge in [0.25, 0.3) is 6.47 Å². The Morgan fingerprint density at radius 3 is 2.07 bits per heavy atom. The molecular weight excluding hydrogens is 344 g/mol. The molecule has 27 heavy (non-hydrogen) atoms. The number of benzene rings is 1. The monoisotopic (exact) mass is 380 g/mol. The molecule has 0 aliphatic heterocycles. The highest BCUT2D eigenvalue weighted by Crippen LogP contribution is 2.40. The number of phenolic OH excluding ortho intramolecular Hbond substituents is 3. The van der Waals surface area contributed by atoms with Gasteiger partial charge in [0.1, 0.15) is 11.4 Å². The predicted octanol–water partition coefficient (Wildman–Crippen LogP) is 5.23. The fourth-order valence-electron chi connectivity index (χ4n) is 3.20. The summed E-state index contributed by atoms with van der Waals surface area (Å²) in [5, 5.41) is 30.7. The van der Waals surface area contributed by atoms with Crippen LogP contribution in [0.2, 0.25) is 0 Å². The third-order valence-electron chi connectivity index (χ3n) is 4.88. The van der Waals surface area contributed by atoms with Gasteiger partial charge in [-0.15, -0.1) is 0 Å². The molecule has 5 heteroatoms. The van der Waals surface area contributed by atoms with Gasteiger partial charge in [-0.25, -0.2) is 0 Å². The molecule has 1 aromatic rings. The van der Waals surface area contributed by atoms with E-state index in [0.717, 1.165) is 25.7 Å². The van der Waals surface area contributed by atoms with Crippen molar-refractivity contribution >= 4 is 6.47 Å². The highest BCUT2D eigenvalue weighted by atomic mass is 16.5. The van der Waals surface area contributed by atoms with Crippen LogP contribution in [0.5, 0.6) is 17.2 Å². The lowest BCUT2D eigenvalue weighted by atomic mass is 9.89. The lowest BCUT2D eigenvalue weighted by molar-refractivity contribution is -0.140.